The van der Waals surface area contributed by atoms with Crippen LogP contribution in [0.1, 0.15) is 27.8 Å². The SMILES string of the molecule is Cc1cc2c3ccccc3c3ccccc3c3cccc(C)c3n3c2c(c1)n1c2cc(C)c4c(c2nc13)Cc1ccccc1-4. The molecule has 1 aliphatic carbocycles. The number of hydrogen-bond acceptors (Lipinski definition) is 1. The average molecular weight is 564 g/mol. The molecular weight excluding hydrogens is 534 g/mol. The summed E-state index contributed by atoms with van der Waals surface area (Å²) in [4.78, 5) is 5.60. The number of aromatic nitrogens is 3. The maximum absolute atomic E-state index is 5.60. The van der Waals surface area contributed by atoms with Crippen molar-refractivity contribution in [2.24, 2.45) is 0 Å². The fourth-order valence-electron chi connectivity index (χ4n) is 8.21. The molecule has 0 aliphatic heterocycles. The van der Waals surface area contributed by atoms with Crippen molar-refractivity contribution < 1.29 is 0 Å². The first-order chi connectivity index (χ1) is 21.6. The third-order valence-corrected chi connectivity index (χ3v) is 9.97. The average Bonchev–Trinajstić information content (AvgIpc) is 3.70. The number of fused-ring (bicyclic) bond motifs is 16. The fourth-order valence-corrected chi connectivity index (χ4v) is 8.21. The molecule has 208 valence electrons. The summed E-state index contributed by atoms with van der Waals surface area (Å²) < 4.78 is 4.90. The van der Waals surface area contributed by atoms with E-state index < -0.39 is 0 Å². The summed E-state index contributed by atoms with van der Waals surface area (Å²) in [7, 11) is 0. The molecule has 0 fully saturated rings. The zero-order valence-corrected chi connectivity index (χ0v) is 24.9. The van der Waals surface area contributed by atoms with Crippen molar-refractivity contribution in [2.75, 3.05) is 0 Å². The van der Waals surface area contributed by atoms with Gasteiger partial charge in [0.15, 0.2) is 0 Å². The Bertz CT molecular complexity index is 2770. The van der Waals surface area contributed by atoms with Crippen LogP contribution in [0.25, 0.3) is 76.8 Å². The summed E-state index contributed by atoms with van der Waals surface area (Å²) in [6.45, 7) is 6.73. The lowest BCUT2D eigenvalue weighted by Crippen LogP contribution is -1.92. The number of hydrogen-bond donors (Lipinski definition) is 0. The molecule has 3 heteroatoms. The highest BCUT2D eigenvalue weighted by atomic mass is 15.2. The van der Waals surface area contributed by atoms with Gasteiger partial charge >= 0.3 is 0 Å². The highest BCUT2D eigenvalue weighted by molar-refractivity contribution is 6.22. The highest BCUT2D eigenvalue weighted by Crippen LogP contribution is 2.44. The molecule has 0 radical (unpaired) electrons. The second-order valence-corrected chi connectivity index (χ2v) is 12.6. The zero-order chi connectivity index (χ0) is 29.3. The van der Waals surface area contributed by atoms with Crippen LogP contribution in [-0.4, -0.2) is 13.8 Å². The van der Waals surface area contributed by atoms with E-state index in [4.69, 9.17) is 4.98 Å². The molecule has 3 nitrogen and oxygen atoms in total. The first kappa shape index (κ1) is 24.1. The molecule has 0 atom stereocenters. The monoisotopic (exact) mass is 563 g/mol. The van der Waals surface area contributed by atoms with E-state index >= 15 is 0 Å². The van der Waals surface area contributed by atoms with Gasteiger partial charge in [-0.1, -0.05) is 91.0 Å². The van der Waals surface area contributed by atoms with E-state index in [1.54, 1.807) is 0 Å². The summed E-state index contributed by atoms with van der Waals surface area (Å²) in [6.07, 6.45) is 0.919. The maximum Gasteiger partial charge on any atom is 0.220 e. The van der Waals surface area contributed by atoms with E-state index in [0.29, 0.717) is 0 Å². The van der Waals surface area contributed by atoms with E-state index in [1.165, 1.54) is 93.3 Å². The Morgan fingerprint density at radius 3 is 1.98 bits per heavy atom. The van der Waals surface area contributed by atoms with E-state index in [0.717, 1.165) is 17.7 Å². The fraction of sp³-hybridized carbons (Fsp3) is 0.0976. The molecule has 0 spiro atoms. The van der Waals surface area contributed by atoms with Gasteiger partial charge in [0.1, 0.15) is 0 Å². The molecular formula is C41H29N3. The van der Waals surface area contributed by atoms with Crippen LogP contribution >= 0.6 is 0 Å². The molecule has 0 saturated carbocycles. The first-order valence-electron chi connectivity index (χ1n) is 15.5. The molecule has 6 aromatic carbocycles. The largest absolute Gasteiger partial charge is 0.277 e. The van der Waals surface area contributed by atoms with E-state index in [2.05, 4.69) is 139 Å². The lowest BCUT2D eigenvalue weighted by atomic mass is 9.99. The van der Waals surface area contributed by atoms with Crippen LogP contribution in [0.5, 0.6) is 0 Å². The van der Waals surface area contributed by atoms with Gasteiger partial charge in [-0.15, -0.1) is 0 Å². The van der Waals surface area contributed by atoms with Crippen LogP contribution in [0.3, 0.4) is 0 Å². The van der Waals surface area contributed by atoms with E-state index in [9.17, 15) is 0 Å². The van der Waals surface area contributed by atoms with Gasteiger partial charge in [-0.2, -0.15) is 0 Å². The Morgan fingerprint density at radius 1 is 0.545 bits per heavy atom. The zero-order valence-electron chi connectivity index (χ0n) is 24.9. The molecule has 3 aromatic heterocycles. The van der Waals surface area contributed by atoms with Gasteiger partial charge in [0.05, 0.1) is 27.6 Å². The molecule has 44 heavy (non-hydrogen) atoms. The number of para-hydroxylation sites is 1. The second kappa shape index (κ2) is 8.36. The molecule has 10 rings (SSSR count). The van der Waals surface area contributed by atoms with Crippen molar-refractivity contribution >= 4 is 65.7 Å². The van der Waals surface area contributed by atoms with Crippen molar-refractivity contribution in [3.8, 4) is 11.1 Å². The van der Waals surface area contributed by atoms with Crippen LogP contribution in [0, 0.1) is 20.8 Å². The molecule has 0 bridgehead atoms. The van der Waals surface area contributed by atoms with Crippen molar-refractivity contribution in [2.45, 2.75) is 27.2 Å². The predicted molar refractivity (Wildman–Crippen MR) is 185 cm³/mol. The Balaban J connectivity index is 1.57. The van der Waals surface area contributed by atoms with Gasteiger partial charge in [-0.05, 0) is 99.5 Å². The number of benzene rings is 6. The molecule has 9 aromatic rings. The normalized spacial score (nSPS) is 12.8. The highest BCUT2D eigenvalue weighted by Gasteiger charge is 2.27. The van der Waals surface area contributed by atoms with Crippen molar-refractivity contribution in [1.29, 1.82) is 0 Å². The van der Waals surface area contributed by atoms with Gasteiger partial charge in [-0.25, -0.2) is 4.98 Å². The minimum absolute atomic E-state index is 0.919. The summed E-state index contributed by atoms with van der Waals surface area (Å²) in [5.41, 5.74) is 15.1. The number of rotatable bonds is 0. The summed E-state index contributed by atoms with van der Waals surface area (Å²) in [5.74, 6) is 0.970. The molecule has 1 aliphatic rings. The molecule has 3 heterocycles. The van der Waals surface area contributed by atoms with Gasteiger partial charge < -0.3 is 0 Å². The Hall–Kier alpha value is -5.41. The van der Waals surface area contributed by atoms with Gasteiger partial charge in [0.2, 0.25) is 5.78 Å². The Morgan fingerprint density at radius 2 is 1.20 bits per heavy atom. The lowest BCUT2D eigenvalue weighted by Gasteiger charge is -2.08. The standard InChI is InChI=1S/C41H29N3/c1-23-19-33-31-17-9-7-15-29(31)28-14-6-8-16-30(28)32-18-10-11-24(2)39(32)44-40(33)36(20-23)43-35-21-25(3)37-27-13-5-4-12-26(27)22-34(37)38(35)42-41(43)44/h4-21H,22H2,1-3H3. The van der Waals surface area contributed by atoms with E-state index in [1.807, 2.05) is 0 Å². The minimum Gasteiger partial charge on any atom is -0.277 e. The van der Waals surface area contributed by atoms with Crippen LogP contribution in [-0.2, 0) is 6.42 Å². The van der Waals surface area contributed by atoms with E-state index in [-0.39, 0.29) is 0 Å². The summed E-state index contributed by atoms with van der Waals surface area (Å²) in [5, 5.41) is 7.47. The van der Waals surface area contributed by atoms with Gasteiger partial charge in [-0.3, -0.25) is 8.80 Å². The maximum atomic E-state index is 5.60. The topological polar surface area (TPSA) is 21.7 Å². The van der Waals surface area contributed by atoms with Crippen molar-refractivity contribution in [3.63, 3.8) is 0 Å². The van der Waals surface area contributed by atoms with Gasteiger partial charge in [0.25, 0.3) is 0 Å². The van der Waals surface area contributed by atoms with Crippen molar-refractivity contribution in [1.82, 2.24) is 13.8 Å². The minimum atomic E-state index is 0.919. The Kier molecular flexibility index (Phi) is 4.57. The summed E-state index contributed by atoms with van der Waals surface area (Å²) >= 11 is 0. The van der Waals surface area contributed by atoms with Crippen LogP contribution in [0.4, 0.5) is 0 Å². The third kappa shape index (κ3) is 2.94. The second-order valence-electron chi connectivity index (χ2n) is 12.6. The number of imidazole rings is 2. The lowest BCUT2D eigenvalue weighted by molar-refractivity contribution is 1.20. The van der Waals surface area contributed by atoms with Crippen molar-refractivity contribution in [3.05, 3.63) is 137 Å². The number of aryl methyl sites for hydroxylation is 3. The molecule has 0 N–H and O–H groups in total. The first-order valence-corrected chi connectivity index (χ1v) is 15.5. The van der Waals surface area contributed by atoms with Gasteiger partial charge in [0, 0.05) is 17.2 Å². The predicted octanol–water partition coefficient (Wildman–Crippen LogP) is 10.4. The number of nitrogens with zero attached hydrogens (tertiary/aromatic N) is 3. The summed E-state index contributed by atoms with van der Waals surface area (Å²) in [6, 6.07) is 40.4. The molecule has 0 saturated heterocycles. The van der Waals surface area contributed by atoms with Crippen LogP contribution in [0.15, 0.2) is 109 Å². The van der Waals surface area contributed by atoms with Crippen LogP contribution < -0.4 is 0 Å². The smallest absolute Gasteiger partial charge is 0.220 e. The quantitative estimate of drug-likeness (QED) is 0.180. The van der Waals surface area contributed by atoms with Crippen LogP contribution in [0.2, 0.25) is 0 Å². The third-order valence-electron chi connectivity index (χ3n) is 9.97. The molecule has 0 amide bonds. The molecule has 0 unspecified atom stereocenters. The Labute approximate surface area is 254 Å².